The maximum Gasteiger partial charge on any atom is 0.433 e. The quantitative estimate of drug-likeness (QED) is 0.419. The zero-order valence-electron chi connectivity index (χ0n) is 20.9. The van der Waals surface area contributed by atoms with Gasteiger partial charge in [-0.1, -0.05) is 116 Å². The smallest absolute Gasteiger partial charge is 0.433 e. The summed E-state index contributed by atoms with van der Waals surface area (Å²) in [5.41, 5.74) is 0. The first-order valence-electron chi connectivity index (χ1n) is 15.3. The summed E-state index contributed by atoms with van der Waals surface area (Å²) in [7, 11) is 0.0268. The fourth-order valence-electron chi connectivity index (χ4n) is 10.6. The lowest BCUT2D eigenvalue weighted by molar-refractivity contribution is 0.113. The fraction of sp³-hybridized carbons (Fsp3) is 1.00. The fourth-order valence-corrected chi connectivity index (χ4v) is 10.6. The molecule has 0 radical (unpaired) electrons. The molecule has 0 unspecified atom stereocenters. The van der Waals surface area contributed by atoms with Gasteiger partial charge in [0, 0.05) is 0 Å². The van der Waals surface area contributed by atoms with Gasteiger partial charge in [0.25, 0.3) is 0 Å². The van der Waals surface area contributed by atoms with Crippen LogP contribution in [0.1, 0.15) is 116 Å². The van der Waals surface area contributed by atoms with Crippen LogP contribution >= 0.6 is 0 Å². The number of hydrogen-bond donors (Lipinski definition) is 0. The van der Waals surface area contributed by atoms with Gasteiger partial charge in [0.2, 0.25) is 0 Å². The van der Waals surface area contributed by atoms with E-state index in [1.54, 1.807) is 0 Å². The summed E-state index contributed by atoms with van der Waals surface area (Å²) in [4.78, 5) is 0. The summed E-state index contributed by atoms with van der Waals surface area (Å²) in [6.45, 7) is 0. The molecule has 1 heterocycles. The third-order valence-corrected chi connectivity index (χ3v) is 11.9. The van der Waals surface area contributed by atoms with Crippen LogP contribution in [0.3, 0.4) is 0 Å². The molecule has 6 heteroatoms. The van der Waals surface area contributed by atoms with Crippen molar-refractivity contribution in [1.82, 2.24) is 0 Å². The molecule has 0 aromatic carbocycles. The predicted octanol–water partition coefficient (Wildman–Crippen LogP) is 7.43. The monoisotopic (exact) mass is 450 g/mol. The summed E-state index contributed by atoms with van der Waals surface area (Å²) in [6, 6.07) is 0. The Labute approximate surface area is 203 Å². The van der Waals surface area contributed by atoms with Crippen LogP contribution in [0, 0.1) is 35.5 Å². The van der Waals surface area contributed by atoms with Crippen LogP contribution in [-0.4, -0.2) is 21.4 Å². The van der Waals surface area contributed by atoms with Gasteiger partial charge in [-0.25, -0.2) is 0 Å². The van der Waals surface area contributed by atoms with Crippen LogP contribution in [-0.2, 0) is 13.7 Å². The van der Waals surface area contributed by atoms with Gasteiger partial charge in [-0.2, -0.15) is 0 Å². The molecule has 7 fully saturated rings. The highest BCUT2D eigenvalue weighted by Gasteiger charge is 2.58. The van der Waals surface area contributed by atoms with Crippen molar-refractivity contribution in [3.05, 3.63) is 0 Å². The molecule has 0 N–H and O–H groups in total. The minimum absolute atomic E-state index is 0.00894. The van der Waals surface area contributed by atoms with Crippen LogP contribution in [0.2, 0.25) is 17.5 Å². The van der Waals surface area contributed by atoms with E-state index in [4.69, 9.17) is 13.7 Å². The molecule has 0 atom stereocenters. The maximum absolute atomic E-state index is 7.04. The molecule has 33 heavy (non-hydrogen) atoms. The number of fused-ring (bicyclic) bond motifs is 6. The first-order chi connectivity index (χ1) is 16.3. The zero-order chi connectivity index (χ0) is 21.8. The Bertz CT molecular complexity index is 531. The molecule has 0 spiro atoms. The molecule has 6 bridgehead atoms. The average molecular weight is 450 g/mol. The van der Waals surface area contributed by atoms with E-state index >= 15 is 0 Å². The minimum atomic E-state index is 0.00894. The lowest BCUT2D eigenvalue weighted by atomic mass is 9.42. The Morgan fingerprint density at radius 2 is 0.485 bits per heavy atom. The SMILES string of the molecule is C1CC2CCCC(C1)C2B1OB(C2C3CCCC2CCC3)OB(C2C3CCCC2CCC3)O1. The standard InChI is InChI=1S/C27H45B3O3/c1-7-19-9-2-10-20(8-1)25(19)28-31-29(26-21-11-3-12-22(26)14-4-13-21)33-30(32-28)27-23-15-5-16-24(27)18-6-17-23/h19-27H,1-18H2. The number of hydrogen-bond acceptors (Lipinski definition) is 3. The Morgan fingerprint density at radius 1 is 0.303 bits per heavy atom. The molecule has 180 valence electrons. The van der Waals surface area contributed by atoms with Crippen molar-refractivity contribution in [2.24, 2.45) is 35.5 Å². The topological polar surface area (TPSA) is 27.7 Å². The molecule has 0 aromatic heterocycles. The zero-order valence-corrected chi connectivity index (χ0v) is 20.9. The van der Waals surface area contributed by atoms with Crippen LogP contribution in [0.5, 0.6) is 0 Å². The van der Waals surface area contributed by atoms with Crippen molar-refractivity contribution in [1.29, 1.82) is 0 Å². The number of rotatable bonds is 3. The van der Waals surface area contributed by atoms with E-state index in [2.05, 4.69) is 0 Å². The Balaban J connectivity index is 1.19. The molecule has 0 aromatic rings. The van der Waals surface area contributed by atoms with Crippen molar-refractivity contribution >= 4 is 21.4 Å². The maximum atomic E-state index is 7.04. The van der Waals surface area contributed by atoms with Gasteiger partial charge >= 0.3 is 21.4 Å². The molecule has 3 nitrogen and oxygen atoms in total. The van der Waals surface area contributed by atoms with E-state index in [-0.39, 0.29) is 21.4 Å². The van der Waals surface area contributed by atoms with E-state index in [0.29, 0.717) is 17.5 Å². The van der Waals surface area contributed by atoms with E-state index in [0.717, 1.165) is 35.5 Å². The molecule has 1 saturated heterocycles. The second-order valence-electron chi connectivity index (χ2n) is 13.4. The van der Waals surface area contributed by atoms with Crippen molar-refractivity contribution in [3.63, 3.8) is 0 Å². The van der Waals surface area contributed by atoms with Crippen LogP contribution in [0.15, 0.2) is 0 Å². The first-order valence-corrected chi connectivity index (χ1v) is 15.3. The molecular weight excluding hydrogens is 405 g/mol. The molecule has 7 aliphatic rings. The van der Waals surface area contributed by atoms with Gasteiger partial charge < -0.3 is 13.7 Å². The molecule has 1 aliphatic heterocycles. The molecule has 7 rings (SSSR count). The van der Waals surface area contributed by atoms with E-state index in [1.165, 1.54) is 116 Å². The highest BCUT2D eigenvalue weighted by atomic mass is 16.7. The van der Waals surface area contributed by atoms with Gasteiger partial charge in [0.05, 0.1) is 0 Å². The Hall–Kier alpha value is 0.0748. The largest absolute Gasteiger partial charge is 0.452 e. The lowest BCUT2D eigenvalue weighted by Gasteiger charge is -2.52. The third kappa shape index (κ3) is 4.10. The summed E-state index contributed by atoms with van der Waals surface area (Å²) >= 11 is 0. The third-order valence-electron chi connectivity index (χ3n) is 11.9. The van der Waals surface area contributed by atoms with Crippen molar-refractivity contribution < 1.29 is 13.7 Å². The lowest BCUT2D eigenvalue weighted by Crippen LogP contribution is -2.60. The van der Waals surface area contributed by atoms with Gasteiger partial charge in [-0.3, -0.25) is 0 Å². The van der Waals surface area contributed by atoms with Gasteiger partial charge in [0.1, 0.15) is 0 Å². The molecule has 6 aliphatic carbocycles. The molecule has 0 amide bonds. The highest BCUT2D eigenvalue weighted by molar-refractivity contribution is 6.75. The average Bonchev–Trinajstić information content (AvgIpc) is 2.82. The van der Waals surface area contributed by atoms with Gasteiger partial charge in [-0.05, 0) is 53.0 Å². The molecular formula is C27H45B3O3. The Kier molecular flexibility index (Phi) is 6.42. The second-order valence-corrected chi connectivity index (χ2v) is 13.4. The van der Waals surface area contributed by atoms with E-state index in [9.17, 15) is 0 Å². The van der Waals surface area contributed by atoms with E-state index < -0.39 is 0 Å². The molecule has 6 saturated carbocycles. The second kappa shape index (κ2) is 9.51. The summed E-state index contributed by atoms with van der Waals surface area (Å²) in [5, 5.41) is 0. The summed E-state index contributed by atoms with van der Waals surface area (Å²) < 4.78 is 21.1. The van der Waals surface area contributed by atoms with Crippen LogP contribution < -0.4 is 0 Å². The van der Waals surface area contributed by atoms with Crippen LogP contribution in [0.25, 0.3) is 0 Å². The van der Waals surface area contributed by atoms with Crippen molar-refractivity contribution in [3.8, 4) is 0 Å². The summed E-state index contributed by atoms with van der Waals surface area (Å²) in [6.07, 6.45) is 25.5. The van der Waals surface area contributed by atoms with Crippen molar-refractivity contribution in [2.45, 2.75) is 133 Å². The highest BCUT2D eigenvalue weighted by Crippen LogP contribution is 2.56. The van der Waals surface area contributed by atoms with Crippen molar-refractivity contribution in [2.75, 3.05) is 0 Å². The van der Waals surface area contributed by atoms with E-state index in [1.807, 2.05) is 0 Å². The van der Waals surface area contributed by atoms with Crippen LogP contribution in [0.4, 0.5) is 0 Å². The summed E-state index contributed by atoms with van der Waals surface area (Å²) in [5.74, 6) is 6.89. The predicted molar refractivity (Wildman–Crippen MR) is 136 cm³/mol. The normalized spacial score (nSPS) is 48.0. The first kappa shape index (κ1) is 22.3. The van der Waals surface area contributed by atoms with Gasteiger partial charge in [0.15, 0.2) is 0 Å². The minimum Gasteiger partial charge on any atom is -0.452 e. The van der Waals surface area contributed by atoms with Gasteiger partial charge in [-0.15, -0.1) is 0 Å². The Morgan fingerprint density at radius 3 is 0.667 bits per heavy atom.